The lowest BCUT2D eigenvalue weighted by Crippen LogP contribution is -2.22. The Hall–Kier alpha value is -3.51. The van der Waals surface area contributed by atoms with Crippen LogP contribution in [-0.4, -0.2) is 55.4 Å². The fourth-order valence-electron chi connectivity index (χ4n) is 3.07. The average Bonchev–Trinajstić information content (AvgIpc) is 3.15. The van der Waals surface area contributed by atoms with Crippen molar-refractivity contribution in [2.24, 2.45) is 0 Å². The maximum atomic E-state index is 12.6. The molecule has 0 aliphatic rings. The topological polar surface area (TPSA) is 129 Å². The Balaban J connectivity index is 2.43. The van der Waals surface area contributed by atoms with Gasteiger partial charge in [0.25, 0.3) is 0 Å². The van der Waals surface area contributed by atoms with Gasteiger partial charge >= 0.3 is 23.9 Å². The van der Waals surface area contributed by atoms with Crippen LogP contribution in [0.5, 0.6) is 0 Å². The first kappa shape index (κ1) is 28.7. The van der Waals surface area contributed by atoms with Crippen molar-refractivity contribution in [1.82, 2.24) is 0 Å². The Morgan fingerprint density at radius 2 is 1.36 bits per heavy atom. The molecule has 2 N–H and O–H groups in total. The summed E-state index contributed by atoms with van der Waals surface area (Å²) >= 11 is 6.40. The van der Waals surface area contributed by atoms with E-state index in [0.717, 1.165) is 11.3 Å². The fraction of sp³-hybridized carbons (Fsp3) is 0.375. The number of hydrogen-bond acceptors (Lipinski definition) is 10. The van der Waals surface area contributed by atoms with Crippen molar-refractivity contribution >= 4 is 63.2 Å². The van der Waals surface area contributed by atoms with E-state index in [9.17, 15) is 19.2 Å². The van der Waals surface area contributed by atoms with Crippen molar-refractivity contribution < 1.29 is 38.1 Å². The number of nitrogens with one attached hydrogen (secondary N) is 2. The summed E-state index contributed by atoms with van der Waals surface area (Å²) in [5.41, 5.74) is 1.04. The number of anilines is 2. The third-order valence-electron chi connectivity index (χ3n) is 4.59. The van der Waals surface area contributed by atoms with Crippen LogP contribution in [0, 0.1) is 6.92 Å². The van der Waals surface area contributed by atoms with Crippen LogP contribution in [0.1, 0.15) is 74.0 Å². The van der Waals surface area contributed by atoms with Crippen LogP contribution < -0.4 is 10.6 Å². The monoisotopic (exact) mass is 536 g/mol. The molecule has 1 aromatic heterocycles. The summed E-state index contributed by atoms with van der Waals surface area (Å²) in [4.78, 5) is 49.9. The molecule has 0 atom stereocenters. The smallest absolute Gasteiger partial charge is 0.348 e. The largest absolute Gasteiger partial charge is 0.462 e. The minimum atomic E-state index is -0.636. The Kier molecular flexibility index (Phi) is 10.8. The van der Waals surface area contributed by atoms with Gasteiger partial charge in [-0.2, -0.15) is 0 Å². The van der Waals surface area contributed by atoms with Gasteiger partial charge in [0.05, 0.1) is 48.8 Å². The van der Waals surface area contributed by atoms with Crippen molar-refractivity contribution in [1.29, 1.82) is 0 Å². The molecule has 0 unspecified atom stereocenters. The Bertz CT molecular complexity index is 1160. The summed E-state index contributed by atoms with van der Waals surface area (Å²) < 4.78 is 20.4. The van der Waals surface area contributed by atoms with E-state index >= 15 is 0 Å². The van der Waals surface area contributed by atoms with Crippen LogP contribution in [-0.2, 0) is 18.9 Å². The zero-order valence-corrected chi connectivity index (χ0v) is 22.3. The zero-order valence-electron chi connectivity index (χ0n) is 20.6. The lowest BCUT2D eigenvalue weighted by molar-refractivity contribution is 0.0512. The predicted molar refractivity (Wildman–Crippen MR) is 139 cm³/mol. The summed E-state index contributed by atoms with van der Waals surface area (Å²) in [5.74, 6) is -2.41. The van der Waals surface area contributed by atoms with Gasteiger partial charge in [0, 0.05) is 0 Å². The van der Waals surface area contributed by atoms with Gasteiger partial charge in [-0.3, -0.25) is 0 Å². The molecular formula is C24H28N2O8S2. The van der Waals surface area contributed by atoms with Crippen molar-refractivity contribution in [3.05, 3.63) is 45.3 Å². The Morgan fingerprint density at radius 3 is 1.97 bits per heavy atom. The molecule has 10 nitrogen and oxygen atoms in total. The molecule has 0 saturated heterocycles. The average molecular weight is 537 g/mol. The normalized spacial score (nSPS) is 10.2. The molecule has 0 amide bonds. The van der Waals surface area contributed by atoms with Gasteiger partial charge in [-0.05, 0) is 70.6 Å². The quantitative estimate of drug-likeness (QED) is 0.252. The SMILES string of the molecule is CCOC(=O)c1ccc(C(=O)OCC)c(NC(=S)Nc2sc(C(=O)OCC)c(C)c2C(=O)OCC)c1. The van der Waals surface area contributed by atoms with Crippen molar-refractivity contribution in [2.45, 2.75) is 34.6 Å². The molecule has 1 heterocycles. The van der Waals surface area contributed by atoms with E-state index in [1.165, 1.54) is 18.2 Å². The van der Waals surface area contributed by atoms with E-state index in [-0.39, 0.29) is 63.8 Å². The minimum absolute atomic E-state index is 0.0104. The minimum Gasteiger partial charge on any atom is -0.462 e. The van der Waals surface area contributed by atoms with E-state index in [4.69, 9.17) is 31.2 Å². The lowest BCUT2D eigenvalue weighted by atomic mass is 10.1. The van der Waals surface area contributed by atoms with Crippen LogP contribution >= 0.6 is 23.6 Å². The number of thiocarbonyl (C=S) groups is 1. The van der Waals surface area contributed by atoms with Gasteiger partial charge in [0.15, 0.2) is 5.11 Å². The third-order valence-corrected chi connectivity index (χ3v) is 5.98. The predicted octanol–water partition coefficient (Wildman–Crippen LogP) is 4.57. The molecule has 2 aromatic rings. The molecule has 0 aliphatic heterocycles. The molecule has 0 aliphatic carbocycles. The molecule has 0 saturated carbocycles. The molecule has 0 fully saturated rings. The highest BCUT2D eigenvalue weighted by atomic mass is 32.1. The van der Waals surface area contributed by atoms with E-state index < -0.39 is 23.9 Å². The van der Waals surface area contributed by atoms with Crippen molar-refractivity contribution in [2.75, 3.05) is 37.1 Å². The molecule has 0 radical (unpaired) electrons. The van der Waals surface area contributed by atoms with Crippen LogP contribution in [0.25, 0.3) is 0 Å². The highest BCUT2D eigenvalue weighted by Gasteiger charge is 2.27. The van der Waals surface area contributed by atoms with Gasteiger partial charge in [-0.1, -0.05) is 0 Å². The molecular weight excluding hydrogens is 508 g/mol. The van der Waals surface area contributed by atoms with Crippen LogP contribution in [0.15, 0.2) is 18.2 Å². The first-order valence-corrected chi connectivity index (χ1v) is 12.4. The molecule has 194 valence electrons. The van der Waals surface area contributed by atoms with Crippen LogP contribution in [0.4, 0.5) is 10.7 Å². The number of benzene rings is 1. The van der Waals surface area contributed by atoms with Crippen LogP contribution in [0.2, 0.25) is 0 Å². The maximum Gasteiger partial charge on any atom is 0.348 e. The summed E-state index contributed by atoms with van der Waals surface area (Å²) in [5, 5.41) is 6.00. The molecule has 0 bridgehead atoms. The van der Waals surface area contributed by atoms with E-state index in [0.29, 0.717) is 5.56 Å². The first-order chi connectivity index (χ1) is 17.2. The summed E-state index contributed by atoms with van der Waals surface area (Å²) in [6.07, 6.45) is 0. The van der Waals surface area contributed by atoms with Crippen LogP contribution in [0.3, 0.4) is 0 Å². The molecule has 0 spiro atoms. The number of carbonyl (C=O) groups excluding carboxylic acids is 4. The highest BCUT2D eigenvalue weighted by Crippen LogP contribution is 2.34. The van der Waals surface area contributed by atoms with Gasteiger partial charge in [-0.25, -0.2) is 19.2 Å². The molecule has 36 heavy (non-hydrogen) atoms. The Labute approximate surface area is 218 Å². The standard InChI is InChI=1S/C24H28N2O8S2/c1-6-31-20(27)14-10-11-15(21(28)32-7-2)16(12-14)25-24(35)26-19-17(22(29)33-8-3)13(5)18(36-19)23(30)34-9-4/h10-12H,6-9H2,1-5H3,(H2,25,26,35). The second kappa shape index (κ2) is 13.5. The van der Waals surface area contributed by atoms with E-state index in [1.54, 1.807) is 34.6 Å². The molecule has 2 rings (SSSR count). The number of esters is 4. The maximum absolute atomic E-state index is 12.6. The van der Waals surface area contributed by atoms with E-state index in [2.05, 4.69) is 10.6 Å². The summed E-state index contributed by atoms with van der Waals surface area (Å²) in [6.45, 7) is 8.93. The number of thiophene rings is 1. The second-order valence-electron chi connectivity index (χ2n) is 6.98. The number of hydrogen-bond donors (Lipinski definition) is 2. The zero-order chi connectivity index (χ0) is 26.8. The molecule has 1 aromatic carbocycles. The van der Waals surface area contributed by atoms with Gasteiger partial charge < -0.3 is 29.6 Å². The number of rotatable bonds is 10. The second-order valence-corrected chi connectivity index (χ2v) is 8.41. The summed E-state index contributed by atoms with van der Waals surface area (Å²) in [7, 11) is 0. The molecule has 12 heteroatoms. The first-order valence-electron chi connectivity index (χ1n) is 11.2. The van der Waals surface area contributed by atoms with Crippen molar-refractivity contribution in [3.63, 3.8) is 0 Å². The van der Waals surface area contributed by atoms with Crippen molar-refractivity contribution in [3.8, 4) is 0 Å². The number of carbonyl (C=O) groups is 4. The van der Waals surface area contributed by atoms with E-state index in [1.807, 2.05) is 0 Å². The summed E-state index contributed by atoms with van der Waals surface area (Å²) in [6, 6.07) is 4.28. The fourth-order valence-corrected chi connectivity index (χ4v) is 4.44. The lowest BCUT2D eigenvalue weighted by Gasteiger charge is -2.15. The Morgan fingerprint density at radius 1 is 0.806 bits per heavy atom. The third kappa shape index (κ3) is 7.01. The van der Waals surface area contributed by atoms with Gasteiger partial charge in [0.2, 0.25) is 0 Å². The van der Waals surface area contributed by atoms with Gasteiger partial charge in [-0.15, -0.1) is 11.3 Å². The van der Waals surface area contributed by atoms with Gasteiger partial charge in [0.1, 0.15) is 9.88 Å². The number of ether oxygens (including phenoxy) is 4. The highest BCUT2D eigenvalue weighted by molar-refractivity contribution is 7.80.